The van der Waals surface area contributed by atoms with E-state index in [9.17, 15) is 29.4 Å². The number of carbonyl (C=O) groups excluding carboxylic acids is 4. The van der Waals surface area contributed by atoms with Crippen LogP contribution in [0, 0.1) is 28.6 Å². The molecular formula is C33H45NO7. The van der Waals surface area contributed by atoms with E-state index in [1.165, 1.54) is 18.4 Å². The molecule has 5 aliphatic rings. The lowest BCUT2D eigenvalue weighted by atomic mass is 9.46. The van der Waals surface area contributed by atoms with Crippen LogP contribution in [-0.4, -0.2) is 58.5 Å². The molecule has 5 aliphatic carbocycles. The summed E-state index contributed by atoms with van der Waals surface area (Å²) in [7, 11) is 0. The first-order valence-corrected chi connectivity index (χ1v) is 15.5. The molecule has 5 rings (SSSR count). The molecule has 224 valence electrons. The van der Waals surface area contributed by atoms with Crippen LogP contribution in [0.2, 0.25) is 0 Å². The Hall–Kier alpha value is -2.58. The fraction of sp³-hybridized carbons (Fsp3) is 0.697. The fourth-order valence-electron chi connectivity index (χ4n) is 8.92. The van der Waals surface area contributed by atoms with Gasteiger partial charge >= 0.3 is 5.97 Å². The van der Waals surface area contributed by atoms with Crippen molar-refractivity contribution in [3.63, 3.8) is 0 Å². The molecule has 0 saturated heterocycles. The number of rotatable bonds is 9. The zero-order chi connectivity index (χ0) is 29.4. The molecular weight excluding hydrogens is 522 g/mol. The van der Waals surface area contributed by atoms with E-state index in [-0.39, 0.29) is 55.1 Å². The number of allylic oxidation sites excluding steroid dienone is 5. The molecule has 0 aromatic carbocycles. The highest BCUT2D eigenvalue weighted by atomic mass is 16.5. The first-order valence-electron chi connectivity index (χ1n) is 15.5. The van der Waals surface area contributed by atoms with Crippen molar-refractivity contribution in [2.45, 2.75) is 103 Å². The van der Waals surface area contributed by atoms with E-state index < -0.39 is 40.9 Å². The molecule has 41 heavy (non-hydrogen) atoms. The monoisotopic (exact) mass is 567 g/mol. The Balaban J connectivity index is 1.14. The zero-order valence-electron chi connectivity index (χ0n) is 24.5. The molecule has 3 N–H and O–H groups in total. The third-order valence-electron chi connectivity index (χ3n) is 11.2. The molecule has 0 aromatic rings. The van der Waals surface area contributed by atoms with Crippen molar-refractivity contribution in [2.75, 3.05) is 13.2 Å². The highest BCUT2D eigenvalue weighted by Crippen LogP contribution is 2.67. The predicted molar refractivity (Wildman–Crippen MR) is 152 cm³/mol. The average Bonchev–Trinajstić information content (AvgIpc) is 3.22. The maximum Gasteiger partial charge on any atom is 0.306 e. The second kappa shape index (κ2) is 11.6. The summed E-state index contributed by atoms with van der Waals surface area (Å²) in [5.41, 5.74) is -0.545. The molecule has 0 bridgehead atoms. The van der Waals surface area contributed by atoms with Crippen LogP contribution in [-0.2, 0) is 23.9 Å². The van der Waals surface area contributed by atoms with Crippen molar-refractivity contribution in [3.8, 4) is 0 Å². The molecule has 3 fully saturated rings. The summed E-state index contributed by atoms with van der Waals surface area (Å²) in [6, 6.07) is 0. The number of hydrogen-bond donors (Lipinski definition) is 3. The van der Waals surface area contributed by atoms with Crippen molar-refractivity contribution >= 4 is 23.4 Å². The number of fused-ring (bicyclic) bond motifs is 5. The van der Waals surface area contributed by atoms with E-state index in [0.717, 1.165) is 37.7 Å². The van der Waals surface area contributed by atoms with Crippen molar-refractivity contribution in [2.24, 2.45) is 28.6 Å². The van der Waals surface area contributed by atoms with Crippen LogP contribution < -0.4 is 5.32 Å². The fourth-order valence-corrected chi connectivity index (χ4v) is 8.92. The number of Topliss-reactive ketones (excluding diaryl/α,β-unsaturated/α-hetero) is 1. The van der Waals surface area contributed by atoms with Crippen LogP contribution in [0.1, 0.15) is 90.9 Å². The second-order valence-corrected chi connectivity index (χ2v) is 13.4. The summed E-state index contributed by atoms with van der Waals surface area (Å²) in [6.07, 6.45) is 14.7. The van der Waals surface area contributed by atoms with Crippen LogP contribution >= 0.6 is 0 Å². The van der Waals surface area contributed by atoms with Crippen molar-refractivity contribution in [1.29, 1.82) is 0 Å². The zero-order valence-corrected chi connectivity index (χ0v) is 24.5. The van der Waals surface area contributed by atoms with Crippen LogP contribution in [0.5, 0.6) is 0 Å². The van der Waals surface area contributed by atoms with Gasteiger partial charge in [0.1, 0.15) is 5.60 Å². The minimum Gasteiger partial charge on any atom is -0.458 e. The Bertz CT molecular complexity index is 1190. The molecule has 7 atom stereocenters. The largest absolute Gasteiger partial charge is 0.458 e. The number of amides is 1. The SMILES string of the molecule is C[C@]12C=CC(=O)C=C1CC[C@H]1[C@@H]2[C@H](O)C[C@@]2(C)[C@H]1CC[C@]2(O)C(=O)COC(=O)CCC(=O)NCCC1=CCCCC1. The van der Waals surface area contributed by atoms with Gasteiger partial charge in [-0.1, -0.05) is 37.1 Å². The van der Waals surface area contributed by atoms with Gasteiger partial charge in [0, 0.05) is 29.7 Å². The average molecular weight is 568 g/mol. The van der Waals surface area contributed by atoms with Gasteiger partial charge in [-0.2, -0.15) is 0 Å². The van der Waals surface area contributed by atoms with Crippen LogP contribution in [0.25, 0.3) is 0 Å². The number of ketones is 2. The van der Waals surface area contributed by atoms with Gasteiger partial charge in [-0.3, -0.25) is 19.2 Å². The van der Waals surface area contributed by atoms with E-state index in [1.807, 2.05) is 13.0 Å². The van der Waals surface area contributed by atoms with Crippen LogP contribution in [0.4, 0.5) is 0 Å². The minimum atomic E-state index is -1.70. The highest BCUT2D eigenvalue weighted by molar-refractivity contribution is 6.01. The Morgan fingerprint density at radius 1 is 1.12 bits per heavy atom. The maximum atomic E-state index is 13.4. The molecule has 0 heterocycles. The normalized spacial score (nSPS) is 37.7. The van der Waals surface area contributed by atoms with Gasteiger partial charge in [0.2, 0.25) is 11.7 Å². The number of aliphatic hydroxyl groups excluding tert-OH is 1. The summed E-state index contributed by atoms with van der Waals surface area (Å²) in [5.74, 6) is -1.40. The van der Waals surface area contributed by atoms with Gasteiger partial charge in [-0.25, -0.2) is 0 Å². The molecule has 3 saturated carbocycles. The molecule has 0 aromatic heterocycles. The summed E-state index contributed by atoms with van der Waals surface area (Å²) in [6.45, 7) is 3.98. The molecule has 0 radical (unpaired) electrons. The standard InChI is InChI=1S/C33H45NO7/c1-31-15-12-23(35)18-22(31)8-9-24-25-13-16-33(40,32(25,2)19-26(36)30(24)31)27(37)20-41-29(39)11-10-28(38)34-17-14-21-6-4-3-5-7-21/h6,12,15,18,24-26,30,36,40H,3-5,7-11,13-14,16-17,19-20H2,1-2H3,(H,34,38)/t24-,25+,26-,30-,31+,32+,33+/m1/s1. The van der Waals surface area contributed by atoms with Crippen molar-refractivity contribution in [1.82, 2.24) is 5.32 Å². The van der Waals surface area contributed by atoms with Gasteiger partial charge in [-0.05, 0) is 88.2 Å². The quantitative estimate of drug-likeness (QED) is 0.285. The number of nitrogens with one attached hydrogen (secondary N) is 1. The van der Waals surface area contributed by atoms with E-state index in [2.05, 4.69) is 18.3 Å². The summed E-state index contributed by atoms with van der Waals surface area (Å²) in [5, 5.41) is 26.1. The van der Waals surface area contributed by atoms with Gasteiger partial charge in [0.05, 0.1) is 12.5 Å². The molecule has 8 nitrogen and oxygen atoms in total. The lowest BCUT2D eigenvalue weighted by Crippen LogP contribution is -2.61. The van der Waals surface area contributed by atoms with Crippen LogP contribution in [0.3, 0.4) is 0 Å². The lowest BCUT2D eigenvalue weighted by Gasteiger charge is -2.59. The molecule has 0 unspecified atom stereocenters. The number of carbonyl (C=O) groups is 4. The van der Waals surface area contributed by atoms with Crippen molar-refractivity contribution < 1.29 is 34.1 Å². The lowest BCUT2D eigenvalue weighted by molar-refractivity contribution is -0.181. The summed E-state index contributed by atoms with van der Waals surface area (Å²) in [4.78, 5) is 50.0. The molecule has 8 heteroatoms. The Morgan fingerprint density at radius 2 is 1.93 bits per heavy atom. The van der Waals surface area contributed by atoms with E-state index in [4.69, 9.17) is 4.74 Å². The van der Waals surface area contributed by atoms with E-state index in [1.54, 1.807) is 12.2 Å². The molecule has 1 amide bonds. The number of aliphatic hydroxyl groups is 2. The minimum absolute atomic E-state index is 0.0133. The van der Waals surface area contributed by atoms with Gasteiger partial charge in [0.25, 0.3) is 0 Å². The first-order chi connectivity index (χ1) is 19.5. The number of esters is 1. The first kappa shape index (κ1) is 29.9. The van der Waals surface area contributed by atoms with Crippen molar-refractivity contribution in [3.05, 3.63) is 35.5 Å². The number of hydrogen-bond acceptors (Lipinski definition) is 7. The Morgan fingerprint density at radius 3 is 2.68 bits per heavy atom. The van der Waals surface area contributed by atoms with Gasteiger partial charge < -0.3 is 20.3 Å². The Kier molecular flexibility index (Phi) is 8.46. The number of ether oxygens (including phenoxy) is 1. The predicted octanol–water partition coefficient (Wildman–Crippen LogP) is 3.90. The van der Waals surface area contributed by atoms with Gasteiger partial charge in [-0.15, -0.1) is 0 Å². The smallest absolute Gasteiger partial charge is 0.306 e. The second-order valence-electron chi connectivity index (χ2n) is 13.4. The molecule has 0 spiro atoms. The van der Waals surface area contributed by atoms with E-state index in [0.29, 0.717) is 13.0 Å². The van der Waals surface area contributed by atoms with E-state index >= 15 is 0 Å². The summed E-state index contributed by atoms with van der Waals surface area (Å²) < 4.78 is 5.24. The topological polar surface area (TPSA) is 130 Å². The summed E-state index contributed by atoms with van der Waals surface area (Å²) >= 11 is 0. The third kappa shape index (κ3) is 5.50. The maximum absolute atomic E-state index is 13.4. The third-order valence-corrected chi connectivity index (χ3v) is 11.2. The Labute approximate surface area is 242 Å². The van der Waals surface area contributed by atoms with Crippen LogP contribution in [0.15, 0.2) is 35.5 Å². The van der Waals surface area contributed by atoms with Gasteiger partial charge in [0.15, 0.2) is 12.4 Å². The molecule has 0 aliphatic heterocycles. The highest BCUT2D eigenvalue weighted by Gasteiger charge is 2.68.